The zero-order valence-corrected chi connectivity index (χ0v) is 13.3. The van der Waals surface area contributed by atoms with Gasteiger partial charge in [0.25, 0.3) is 0 Å². The van der Waals surface area contributed by atoms with E-state index in [-0.39, 0.29) is 4.90 Å². The molecule has 0 saturated carbocycles. The van der Waals surface area contributed by atoms with Crippen molar-refractivity contribution in [2.75, 3.05) is 13.2 Å². The molecule has 0 aliphatic rings. The van der Waals surface area contributed by atoms with Crippen LogP contribution in [0.5, 0.6) is 5.75 Å². The van der Waals surface area contributed by atoms with Crippen molar-refractivity contribution in [1.29, 1.82) is 0 Å². The highest BCUT2D eigenvalue weighted by molar-refractivity contribution is 7.89. The van der Waals surface area contributed by atoms with Crippen LogP contribution in [-0.4, -0.2) is 43.0 Å². The van der Waals surface area contributed by atoms with Crippen molar-refractivity contribution >= 4 is 16.0 Å². The van der Waals surface area contributed by atoms with E-state index in [1.165, 1.54) is 12.1 Å². The number of ether oxygens (including phenoxy) is 1. The molecule has 0 radical (unpaired) electrons. The predicted octanol–water partition coefficient (Wildman–Crippen LogP) is 1.96. The van der Waals surface area contributed by atoms with Crippen LogP contribution in [0.15, 0.2) is 29.2 Å². The highest BCUT2D eigenvalue weighted by atomic mass is 32.2. The third-order valence-corrected chi connectivity index (χ3v) is 4.81. The monoisotopic (exact) mass is 315 g/mol. The lowest BCUT2D eigenvalue weighted by Gasteiger charge is -2.24. The van der Waals surface area contributed by atoms with E-state index in [2.05, 4.69) is 0 Å². The van der Waals surface area contributed by atoms with Gasteiger partial charge >= 0.3 is 5.97 Å². The molecule has 0 aliphatic carbocycles. The number of carboxylic acid groups (broad SMARTS) is 1. The maximum absolute atomic E-state index is 12.5. The molecule has 0 heterocycles. The van der Waals surface area contributed by atoms with Crippen LogP contribution in [0.1, 0.15) is 27.2 Å². The summed E-state index contributed by atoms with van der Waals surface area (Å²) in [7, 11) is -3.84. The van der Waals surface area contributed by atoms with Gasteiger partial charge in [0.1, 0.15) is 12.3 Å². The molecule has 6 nitrogen and oxygen atoms in total. The van der Waals surface area contributed by atoms with Crippen molar-refractivity contribution in [1.82, 2.24) is 4.31 Å². The highest BCUT2D eigenvalue weighted by Crippen LogP contribution is 2.21. The fourth-order valence-corrected chi connectivity index (χ4v) is 3.33. The molecule has 0 aromatic heterocycles. The molecule has 1 aromatic carbocycles. The molecule has 21 heavy (non-hydrogen) atoms. The molecule has 1 N–H and O–H groups in total. The Hall–Kier alpha value is -1.60. The fourth-order valence-electron chi connectivity index (χ4n) is 1.74. The number of hydrogen-bond donors (Lipinski definition) is 1. The Morgan fingerprint density at radius 3 is 2.29 bits per heavy atom. The van der Waals surface area contributed by atoms with Gasteiger partial charge in [-0.3, -0.25) is 4.79 Å². The largest absolute Gasteiger partial charge is 0.494 e. The number of carbonyl (C=O) groups is 1. The lowest BCUT2D eigenvalue weighted by molar-refractivity contribution is -0.137. The molecular formula is C14H21NO5S. The summed E-state index contributed by atoms with van der Waals surface area (Å²) >= 11 is 0. The van der Waals surface area contributed by atoms with Crippen LogP contribution in [0.25, 0.3) is 0 Å². The molecule has 0 atom stereocenters. The second kappa shape index (κ2) is 7.42. The molecule has 0 bridgehead atoms. The van der Waals surface area contributed by atoms with Gasteiger partial charge in [0, 0.05) is 6.04 Å². The van der Waals surface area contributed by atoms with Gasteiger partial charge in [0.2, 0.25) is 10.0 Å². The summed E-state index contributed by atoms with van der Waals surface area (Å²) in [5, 5.41) is 8.86. The van der Waals surface area contributed by atoms with Crippen LogP contribution in [0.3, 0.4) is 0 Å². The third-order valence-electron chi connectivity index (χ3n) is 2.77. The van der Waals surface area contributed by atoms with Gasteiger partial charge < -0.3 is 9.84 Å². The topological polar surface area (TPSA) is 83.9 Å². The average molecular weight is 315 g/mol. The van der Waals surface area contributed by atoms with Crippen molar-refractivity contribution in [3.8, 4) is 5.75 Å². The third kappa shape index (κ3) is 4.71. The van der Waals surface area contributed by atoms with E-state index < -0.39 is 28.6 Å². The van der Waals surface area contributed by atoms with Gasteiger partial charge in [-0.25, -0.2) is 8.42 Å². The molecule has 0 fully saturated rings. The number of aliphatic carboxylic acids is 1. The van der Waals surface area contributed by atoms with Crippen molar-refractivity contribution in [3.63, 3.8) is 0 Å². The van der Waals surface area contributed by atoms with Crippen LogP contribution >= 0.6 is 0 Å². The van der Waals surface area contributed by atoms with Gasteiger partial charge in [0.15, 0.2) is 0 Å². The van der Waals surface area contributed by atoms with Crippen LogP contribution in [0, 0.1) is 0 Å². The Balaban J connectivity index is 3.02. The second-order valence-corrected chi connectivity index (χ2v) is 6.75. The first-order valence-corrected chi connectivity index (χ1v) is 8.19. The Kier molecular flexibility index (Phi) is 6.17. The summed E-state index contributed by atoms with van der Waals surface area (Å²) in [6, 6.07) is 5.56. The molecule has 0 amide bonds. The fraction of sp³-hybridized carbons (Fsp3) is 0.500. The zero-order valence-electron chi connectivity index (χ0n) is 12.4. The zero-order chi connectivity index (χ0) is 16.0. The van der Waals surface area contributed by atoms with E-state index in [4.69, 9.17) is 9.84 Å². The first-order valence-electron chi connectivity index (χ1n) is 6.75. The Morgan fingerprint density at radius 1 is 1.29 bits per heavy atom. The lowest BCUT2D eigenvalue weighted by Crippen LogP contribution is -2.40. The van der Waals surface area contributed by atoms with Crippen molar-refractivity contribution in [3.05, 3.63) is 24.3 Å². The van der Waals surface area contributed by atoms with Crippen LogP contribution in [0.4, 0.5) is 0 Å². The smallest absolute Gasteiger partial charge is 0.318 e. The van der Waals surface area contributed by atoms with Gasteiger partial charge in [-0.05, 0) is 44.5 Å². The van der Waals surface area contributed by atoms with E-state index in [1.54, 1.807) is 26.0 Å². The van der Waals surface area contributed by atoms with Gasteiger partial charge in [-0.15, -0.1) is 0 Å². The first kappa shape index (κ1) is 17.5. The average Bonchev–Trinajstić information content (AvgIpc) is 2.42. The summed E-state index contributed by atoms with van der Waals surface area (Å²) in [6.07, 6.45) is 0.861. The Bertz CT molecular complexity index is 566. The minimum absolute atomic E-state index is 0.0568. The van der Waals surface area contributed by atoms with Gasteiger partial charge in [-0.2, -0.15) is 4.31 Å². The van der Waals surface area contributed by atoms with Crippen LogP contribution in [0.2, 0.25) is 0 Å². The molecule has 1 rings (SSSR count). The molecule has 7 heteroatoms. The summed E-state index contributed by atoms with van der Waals surface area (Å²) in [5.41, 5.74) is 0. The Morgan fingerprint density at radius 2 is 1.86 bits per heavy atom. The van der Waals surface area contributed by atoms with E-state index in [0.717, 1.165) is 10.7 Å². The van der Waals surface area contributed by atoms with Crippen molar-refractivity contribution < 1.29 is 23.1 Å². The van der Waals surface area contributed by atoms with Gasteiger partial charge in [0.05, 0.1) is 11.5 Å². The quantitative estimate of drug-likeness (QED) is 0.793. The maximum atomic E-state index is 12.5. The van der Waals surface area contributed by atoms with Crippen LogP contribution in [-0.2, 0) is 14.8 Å². The molecular weight excluding hydrogens is 294 g/mol. The standard InChI is InChI=1S/C14H21NO5S/c1-4-9-20-12-5-7-13(8-6-12)21(18,19)15(11(2)3)10-14(16)17/h5-8,11H,4,9-10H2,1-3H3,(H,16,17). The molecule has 0 spiro atoms. The van der Waals surface area contributed by atoms with E-state index in [1.807, 2.05) is 6.92 Å². The minimum atomic E-state index is -3.84. The predicted molar refractivity (Wildman–Crippen MR) is 78.9 cm³/mol. The van der Waals surface area contributed by atoms with E-state index in [9.17, 15) is 13.2 Å². The van der Waals surface area contributed by atoms with Crippen molar-refractivity contribution in [2.45, 2.75) is 38.1 Å². The first-order chi connectivity index (χ1) is 9.78. The molecule has 0 saturated heterocycles. The number of benzene rings is 1. The minimum Gasteiger partial charge on any atom is -0.494 e. The van der Waals surface area contributed by atoms with E-state index in [0.29, 0.717) is 12.4 Å². The summed E-state index contributed by atoms with van der Waals surface area (Å²) in [4.78, 5) is 10.9. The number of hydrogen-bond acceptors (Lipinski definition) is 4. The number of carboxylic acids is 1. The number of sulfonamides is 1. The molecule has 118 valence electrons. The van der Waals surface area contributed by atoms with E-state index >= 15 is 0 Å². The summed E-state index contributed by atoms with van der Waals surface area (Å²) in [6.45, 7) is 5.25. The normalized spacial score (nSPS) is 11.9. The van der Waals surface area contributed by atoms with Crippen LogP contribution < -0.4 is 4.74 Å². The number of nitrogens with zero attached hydrogens (tertiary/aromatic N) is 1. The number of rotatable bonds is 8. The Labute approximate surface area is 125 Å². The molecule has 0 aliphatic heterocycles. The molecule has 0 unspecified atom stereocenters. The second-order valence-electron chi connectivity index (χ2n) is 4.86. The summed E-state index contributed by atoms with van der Waals surface area (Å²) < 4.78 is 31.3. The van der Waals surface area contributed by atoms with Crippen molar-refractivity contribution in [2.24, 2.45) is 0 Å². The summed E-state index contributed by atoms with van der Waals surface area (Å²) in [5.74, 6) is -0.597. The highest BCUT2D eigenvalue weighted by Gasteiger charge is 2.28. The van der Waals surface area contributed by atoms with Gasteiger partial charge in [-0.1, -0.05) is 6.92 Å². The molecule has 1 aromatic rings. The maximum Gasteiger partial charge on any atom is 0.318 e. The SMILES string of the molecule is CCCOc1ccc(S(=O)(=O)N(CC(=O)O)C(C)C)cc1. The lowest BCUT2D eigenvalue weighted by atomic mass is 10.3.